The van der Waals surface area contributed by atoms with E-state index < -0.39 is 11.2 Å². The highest BCUT2D eigenvalue weighted by Gasteiger charge is 2.23. The molecule has 1 saturated carbocycles. The van der Waals surface area contributed by atoms with Gasteiger partial charge in [0.05, 0.1) is 6.42 Å². The first kappa shape index (κ1) is 19.9. The fourth-order valence-corrected chi connectivity index (χ4v) is 3.39. The smallest absolute Gasteiger partial charge is 0.332 e. The van der Waals surface area contributed by atoms with E-state index >= 15 is 0 Å². The van der Waals surface area contributed by atoms with Crippen LogP contribution in [-0.4, -0.2) is 15.0 Å². The van der Waals surface area contributed by atoms with E-state index in [1.807, 2.05) is 26.0 Å². The highest BCUT2D eigenvalue weighted by Crippen LogP contribution is 2.39. The lowest BCUT2D eigenvalue weighted by molar-refractivity contribution is -0.115. The Hall–Kier alpha value is -2.83. The molecule has 1 aliphatic rings. The average molecular weight is 384 g/mol. The maximum absolute atomic E-state index is 12.7. The predicted octanol–water partition coefficient (Wildman–Crippen LogP) is 2.47. The van der Waals surface area contributed by atoms with Crippen molar-refractivity contribution in [3.63, 3.8) is 0 Å². The lowest BCUT2D eigenvalue weighted by atomic mass is 10.1. The Kier molecular flexibility index (Phi) is 6.02. The summed E-state index contributed by atoms with van der Waals surface area (Å²) >= 11 is 0. The van der Waals surface area contributed by atoms with Gasteiger partial charge < -0.3 is 11.1 Å². The van der Waals surface area contributed by atoms with E-state index in [2.05, 4.69) is 17.4 Å². The van der Waals surface area contributed by atoms with Crippen molar-refractivity contribution in [3.8, 4) is 0 Å². The molecule has 0 atom stereocenters. The normalized spacial score (nSPS) is 13.5. The number of benzene rings is 1. The number of nitrogens with two attached hydrogens (primary N) is 1. The number of nitrogens with one attached hydrogen (secondary N) is 1. The van der Waals surface area contributed by atoms with Gasteiger partial charge in [0.1, 0.15) is 11.5 Å². The highest BCUT2D eigenvalue weighted by molar-refractivity contribution is 5.94. The number of nitrogens with zero attached hydrogens (tertiary/aromatic N) is 2. The molecule has 3 N–H and O–H groups in total. The number of carbonyl (C=O) groups excluding carboxylic acids is 1. The first-order valence-corrected chi connectivity index (χ1v) is 9.98. The van der Waals surface area contributed by atoms with Gasteiger partial charge in [-0.15, -0.1) is 0 Å². The summed E-state index contributed by atoms with van der Waals surface area (Å²) in [4.78, 5) is 37.8. The number of amides is 1. The second kappa shape index (κ2) is 8.46. The minimum Gasteiger partial charge on any atom is -0.383 e. The molecule has 1 fully saturated rings. The van der Waals surface area contributed by atoms with Crippen LogP contribution in [0.15, 0.2) is 33.9 Å². The topological polar surface area (TPSA) is 99.1 Å². The molecule has 0 unspecified atom stereocenters. The number of anilines is 2. The third-order valence-electron chi connectivity index (χ3n) is 5.02. The van der Waals surface area contributed by atoms with Crippen LogP contribution in [0.5, 0.6) is 0 Å². The van der Waals surface area contributed by atoms with Crippen LogP contribution in [0.4, 0.5) is 11.5 Å². The Morgan fingerprint density at radius 2 is 1.68 bits per heavy atom. The zero-order valence-corrected chi connectivity index (χ0v) is 16.5. The number of rotatable bonds is 8. The van der Waals surface area contributed by atoms with Crippen LogP contribution in [0.3, 0.4) is 0 Å². The third kappa shape index (κ3) is 4.18. The lowest BCUT2D eigenvalue weighted by Gasteiger charge is -2.16. The number of carbonyl (C=O) groups is 1. The van der Waals surface area contributed by atoms with E-state index in [1.165, 1.54) is 23.0 Å². The molecule has 1 amide bonds. The summed E-state index contributed by atoms with van der Waals surface area (Å²) in [6.45, 7) is 4.48. The molecule has 0 radical (unpaired) electrons. The molecule has 0 bridgehead atoms. The van der Waals surface area contributed by atoms with Crippen molar-refractivity contribution < 1.29 is 4.79 Å². The Balaban J connectivity index is 1.84. The van der Waals surface area contributed by atoms with Crippen molar-refractivity contribution in [2.24, 2.45) is 0 Å². The molecule has 1 aromatic heterocycles. The summed E-state index contributed by atoms with van der Waals surface area (Å²) in [7, 11) is 0. The van der Waals surface area contributed by atoms with Gasteiger partial charge in [-0.05, 0) is 42.7 Å². The lowest BCUT2D eigenvalue weighted by Crippen LogP contribution is -2.43. The molecule has 150 valence electrons. The fourth-order valence-electron chi connectivity index (χ4n) is 3.39. The number of aromatic nitrogens is 2. The quantitative estimate of drug-likeness (QED) is 0.730. The summed E-state index contributed by atoms with van der Waals surface area (Å²) in [6.07, 6.45) is 3.93. The fraction of sp³-hybridized carbons (Fsp3) is 0.476. The molecule has 0 saturated heterocycles. The molecule has 1 aliphatic carbocycles. The summed E-state index contributed by atoms with van der Waals surface area (Å²) in [5.41, 5.74) is 7.26. The molecule has 28 heavy (non-hydrogen) atoms. The van der Waals surface area contributed by atoms with E-state index in [1.54, 1.807) is 0 Å². The van der Waals surface area contributed by atoms with Gasteiger partial charge >= 0.3 is 5.69 Å². The van der Waals surface area contributed by atoms with Crippen LogP contribution < -0.4 is 22.3 Å². The van der Waals surface area contributed by atoms with Gasteiger partial charge in [0.2, 0.25) is 5.91 Å². The predicted molar refractivity (Wildman–Crippen MR) is 111 cm³/mol. The first-order chi connectivity index (χ1) is 13.5. The van der Waals surface area contributed by atoms with Gasteiger partial charge in [-0.25, -0.2) is 4.79 Å². The molecule has 0 spiro atoms. The van der Waals surface area contributed by atoms with Crippen molar-refractivity contribution >= 4 is 17.4 Å². The number of nitrogen functional groups attached to an aromatic ring is 1. The molecule has 0 aliphatic heterocycles. The molecular formula is C21H28N4O3. The molecule has 1 heterocycles. The van der Waals surface area contributed by atoms with Crippen LogP contribution in [0.25, 0.3) is 0 Å². The summed E-state index contributed by atoms with van der Waals surface area (Å²) < 4.78 is 2.50. The molecule has 7 heteroatoms. The van der Waals surface area contributed by atoms with Crippen molar-refractivity contribution in [1.29, 1.82) is 0 Å². The maximum Gasteiger partial charge on any atom is 0.332 e. The van der Waals surface area contributed by atoms with E-state index in [9.17, 15) is 14.4 Å². The van der Waals surface area contributed by atoms with Crippen LogP contribution in [-0.2, 0) is 24.3 Å². The summed E-state index contributed by atoms with van der Waals surface area (Å²) in [5, 5.41) is 2.64. The molecule has 7 nitrogen and oxygen atoms in total. The zero-order valence-electron chi connectivity index (χ0n) is 16.5. The summed E-state index contributed by atoms with van der Waals surface area (Å²) in [6, 6.07) is 8.02. The second-order valence-corrected chi connectivity index (χ2v) is 7.39. The molecule has 2 aromatic rings. The number of hydrogen-bond acceptors (Lipinski definition) is 4. The Morgan fingerprint density at radius 1 is 1.07 bits per heavy atom. The largest absolute Gasteiger partial charge is 0.383 e. The van der Waals surface area contributed by atoms with Crippen LogP contribution in [0.2, 0.25) is 0 Å². The minimum absolute atomic E-state index is 0.0129. The molecule has 3 rings (SSSR count). The molecular weight excluding hydrogens is 356 g/mol. The van der Waals surface area contributed by atoms with Crippen molar-refractivity contribution in [2.75, 3.05) is 11.1 Å². The average Bonchev–Trinajstić information content (AvgIpc) is 3.52. The van der Waals surface area contributed by atoms with Gasteiger partial charge in [0, 0.05) is 13.1 Å². The van der Waals surface area contributed by atoms with Gasteiger partial charge in [0.15, 0.2) is 0 Å². The Morgan fingerprint density at radius 3 is 2.25 bits per heavy atom. The standard InChI is InChI=1S/C21H28N4O3/c1-3-11-24-19(22)18(20(27)25(12-4-2)21(24)28)23-17(26)13-14-5-7-15(8-6-14)16-9-10-16/h5-8,16H,3-4,9-13,22H2,1-2H3,(H,23,26). The third-order valence-corrected chi connectivity index (χ3v) is 5.02. The molecule has 1 aromatic carbocycles. The SMILES string of the molecule is CCCn1c(N)c(NC(=O)Cc2ccc(C3CC3)cc2)c(=O)n(CCC)c1=O. The van der Waals surface area contributed by atoms with E-state index in [0.717, 1.165) is 10.1 Å². The monoisotopic (exact) mass is 384 g/mol. The minimum atomic E-state index is -0.547. The van der Waals surface area contributed by atoms with Crippen LogP contribution in [0, 0.1) is 0 Å². The van der Waals surface area contributed by atoms with Gasteiger partial charge in [-0.2, -0.15) is 0 Å². The number of hydrogen-bond donors (Lipinski definition) is 2. The van der Waals surface area contributed by atoms with E-state index in [-0.39, 0.29) is 30.4 Å². The second-order valence-electron chi connectivity index (χ2n) is 7.39. The van der Waals surface area contributed by atoms with Crippen molar-refractivity contribution in [2.45, 2.75) is 65.0 Å². The van der Waals surface area contributed by atoms with Crippen molar-refractivity contribution in [3.05, 3.63) is 56.2 Å². The maximum atomic E-state index is 12.7. The zero-order chi connectivity index (χ0) is 20.3. The van der Waals surface area contributed by atoms with Crippen LogP contribution in [0.1, 0.15) is 56.6 Å². The van der Waals surface area contributed by atoms with Crippen LogP contribution >= 0.6 is 0 Å². The van der Waals surface area contributed by atoms with Gasteiger partial charge in [0.25, 0.3) is 5.56 Å². The first-order valence-electron chi connectivity index (χ1n) is 9.98. The van der Waals surface area contributed by atoms with Gasteiger partial charge in [-0.1, -0.05) is 38.1 Å². The highest BCUT2D eigenvalue weighted by atomic mass is 16.2. The Bertz CT molecular complexity index is 969. The van der Waals surface area contributed by atoms with E-state index in [4.69, 9.17) is 5.73 Å². The van der Waals surface area contributed by atoms with Gasteiger partial charge in [-0.3, -0.25) is 18.7 Å². The Labute approximate surface area is 164 Å². The van der Waals surface area contributed by atoms with E-state index in [0.29, 0.717) is 25.3 Å². The van der Waals surface area contributed by atoms with Crippen molar-refractivity contribution in [1.82, 2.24) is 9.13 Å². The summed E-state index contributed by atoms with van der Waals surface area (Å²) in [5.74, 6) is 0.355.